The molecular formula is C14H18N4. The van der Waals surface area contributed by atoms with Crippen LogP contribution < -0.4 is 10.6 Å². The van der Waals surface area contributed by atoms with Crippen LogP contribution in [0.1, 0.15) is 16.8 Å². The van der Waals surface area contributed by atoms with E-state index in [-0.39, 0.29) is 0 Å². The number of benzene rings is 1. The lowest BCUT2D eigenvalue weighted by molar-refractivity contribution is 0.937. The lowest BCUT2D eigenvalue weighted by atomic mass is 10.1. The van der Waals surface area contributed by atoms with E-state index in [2.05, 4.69) is 42.0 Å². The van der Waals surface area contributed by atoms with Crippen molar-refractivity contribution in [3.05, 3.63) is 47.3 Å². The van der Waals surface area contributed by atoms with Crippen LogP contribution in [0.5, 0.6) is 0 Å². The number of rotatable bonds is 3. The summed E-state index contributed by atoms with van der Waals surface area (Å²) in [5.41, 5.74) is 10.0. The van der Waals surface area contributed by atoms with Crippen molar-refractivity contribution in [1.29, 1.82) is 0 Å². The Bertz CT molecular complexity index is 551. The SMILES string of the molecule is Cc1ccc(N(C)c2nccc(CN)n2)c(C)c1. The molecule has 0 aliphatic heterocycles. The fraction of sp³-hybridized carbons (Fsp3) is 0.286. The molecule has 0 fully saturated rings. The van der Waals surface area contributed by atoms with Crippen molar-refractivity contribution >= 4 is 11.6 Å². The smallest absolute Gasteiger partial charge is 0.229 e. The van der Waals surface area contributed by atoms with E-state index in [0.29, 0.717) is 12.5 Å². The molecule has 0 radical (unpaired) electrons. The number of nitrogens with zero attached hydrogens (tertiary/aromatic N) is 3. The van der Waals surface area contributed by atoms with Crippen LogP contribution in [-0.2, 0) is 6.54 Å². The van der Waals surface area contributed by atoms with Gasteiger partial charge in [0.05, 0.1) is 5.69 Å². The van der Waals surface area contributed by atoms with E-state index in [1.54, 1.807) is 6.20 Å². The van der Waals surface area contributed by atoms with Crippen molar-refractivity contribution in [2.75, 3.05) is 11.9 Å². The van der Waals surface area contributed by atoms with Gasteiger partial charge in [-0.25, -0.2) is 9.97 Å². The van der Waals surface area contributed by atoms with Crippen molar-refractivity contribution in [3.8, 4) is 0 Å². The Morgan fingerprint density at radius 1 is 1.22 bits per heavy atom. The van der Waals surface area contributed by atoms with Crippen LogP contribution in [0.2, 0.25) is 0 Å². The van der Waals surface area contributed by atoms with Crippen molar-refractivity contribution in [2.24, 2.45) is 5.73 Å². The van der Waals surface area contributed by atoms with Gasteiger partial charge in [0.2, 0.25) is 5.95 Å². The van der Waals surface area contributed by atoms with Crippen LogP contribution in [0, 0.1) is 13.8 Å². The molecule has 0 atom stereocenters. The van der Waals surface area contributed by atoms with E-state index in [9.17, 15) is 0 Å². The Hall–Kier alpha value is -1.94. The summed E-state index contributed by atoms with van der Waals surface area (Å²) in [6.07, 6.45) is 1.74. The minimum absolute atomic E-state index is 0.427. The van der Waals surface area contributed by atoms with Crippen LogP contribution in [0.3, 0.4) is 0 Å². The highest BCUT2D eigenvalue weighted by Gasteiger charge is 2.09. The first-order valence-corrected chi connectivity index (χ1v) is 5.95. The van der Waals surface area contributed by atoms with Gasteiger partial charge in [-0.3, -0.25) is 0 Å². The van der Waals surface area contributed by atoms with Crippen molar-refractivity contribution in [1.82, 2.24) is 9.97 Å². The maximum Gasteiger partial charge on any atom is 0.229 e. The Kier molecular flexibility index (Phi) is 3.58. The van der Waals surface area contributed by atoms with E-state index in [4.69, 9.17) is 5.73 Å². The molecule has 2 N–H and O–H groups in total. The third kappa shape index (κ3) is 2.49. The second kappa shape index (κ2) is 5.14. The molecule has 1 heterocycles. The quantitative estimate of drug-likeness (QED) is 0.897. The lowest BCUT2D eigenvalue weighted by Crippen LogP contribution is -2.15. The van der Waals surface area contributed by atoms with E-state index in [1.165, 1.54) is 11.1 Å². The summed E-state index contributed by atoms with van der Waals surface area (Å²) in [4.78, 5) is 10.7. The van der Waals surface area contributed by atoms with Gasteiger partial charge in [0, 0.05) is 25.5 Å². The van der Waals surface area contributed by atoms with E-state index in [1.807, 2.05) is 18.0 Å². The maximum atomic E-state index is 5.60. The van der Waals surface area contributed by atoms with E-state index < -0.39 is 0 Å². The number of aromatic nitrogens is 2. The second-order valence-electron chi connectivity index (χ2n) is 4.40. The van der Waals surface area contributed by atoms with Gasteiger partial charge in [0.25, 0.3) is 0 Å². The van der Waals surface area contributed by atoms with Crippen LogP contribution >= 0.6 is 0 Å². The molecule has 2 rings (SSSR count). The highest BCUT2D eigenvalue weighted by atomic mass is 15.2. The zero-order valence-electron chi connectivity index (χ0n) is 11.0. The third-order valence-electron chi connectivity index (χ3n) is 2.92. The Labute approximate surface area is 107 Å². The summed E-state index contributed by atoms with van der Waals surface area (Å²) >= 11 is 0. The zero-order chi connectivity index (χ0) is 13.1. The molecule has 0 saturated carbocycles. The number of anilines is 2. The van der Waals surface area contributed by atoms with Gasteiger partial charge in [-0.1, -0.05) is 17.7 Å². The largest absolute Gasteiger partial charge is 0.325 e. The average Bonchev–Trinajstić information content (AvgIpc) is 2.38. The molecule has 0 aliphatic carbocycles. The Balaban J connectivity index is 2.37. The second-order valence-corrected chi connectivity index (χ2v) is 4.40. The van der Waals surface area contributed by atoms with Gasteiger partial charge in [-0.15, -0.1) is 0 Å². The van der Waals surface area contributed by atoms with Crippen LogP contribution in [0.25, 0.3) is 0 Å². The van der Waals surface area contributed by atoms with Gasteiger partial charge in [0.1, 0.15) is 0 Å². The third-order valence-corrected chi connectivity index (χ3v) is 2.92. The Morgan fingerprint density at radius 2 is 2.00 bits per heavy atom. The molecule has 0 saturated heterocycles. The molecule has 94 valence electrons. The van der Waals surface area contributed by atoms with Crippen molar-refractivity contribution in [2.45, 2.75) is 20.4 Å². The molecule has 4 nitrogen and oxygen atoms in total. The fourth-order valence-electron chi connectivity index (χ4n) is 1.95. The monoisotopic (exact) mass is 242 g/mol. The molecule has 2 aromatic rings. The van der Waals surface area contributed by atoms with E-state index >= 15 is 0 Å². The summed E-state index contributed by atoms with van der Waals surface area (Å²) in [5, 5.41) is 0. The molecular weight excluding hydrogens is 224 g/mol. The summed E-state index contributed by atoms with van der Waals surface area (Å²) in [6, 6.07) is 8.16. The average molecular weight is 242 g/mol. The highest BCUT2D eigenvalue weighted by molar-refractivity contribution is 5.61. The molecule has 0 unspecified atom stereocenters. The molecule has 0 aliphatic rings. The van der Waals surface area contributed by atoms with Gasteiger partial charge in [-0.05, 0) is 31.5 Å². The first-order chi connectivity index (χ1) is 8.61. The summed E-state index contributed by atoms with van der Waals surface area (Å²) in [5.74, 6) is 0.671. The zero-order valence-corrected chi connectivity index (χ0v) is 11.0. The molecule has 1 aromatic heterocycles. The molecule has 0 bridgehead atoms. The van der Waals surface area contributed by atoms with Gasteiger partial charge in [-0.2, -0.15) is 0 Å². The van der Waals surface area contributed by atoms with Crippen LogP contribution in [-0.4, -0.2) is 17.0 Å². The maximum absolute atomic E-state index is 5.60. The topological polar surface area (TPSA) is 55.0 Å². The first-order valence-electron chi connectivity index (χ1n) is 5.95. The normalized spacial score (nSPS) is 10.4. The number of hydrogen-bond donors (Lipinski definition) is 1. The number of aryl methyl sites for hydroxylation is 2. The van der Waals surface area contributed by atoms with Gasteiger partial charge < -0.3 is 10.6 Å². The van der Waals surface area contributed by atoms with Gasteiger partial charge >= 0.3 is 0 Å². The minimum Gasteiger partial charge on any atom is -0.325 e. The predicted molar refractivity (Wildman–Crippen MR) is 73.9 cm³/mol. The summed E-state index contributed by atoms with van der Waals surface area (Å²) in [7, 11) is 1.97. The molecule has 1 aromatic carbocycles. The summed E-state index contributed by atoms with van der Waals surface area (Å²) < 4.78 is 0. The standard InChI is InChI=1S/C14H18N4/c1-10-4-5-13(11(2)8-10)18(3)14-16-7-6-12(9-15)17-14/h4-8H,9,15H2,1-3H3. The lowest BCUT2D eigenvalue weighted by Gasteiger charge is -2.20. The van der Waals surface area contributed by atoms with Crippen molar-refractivity contribution in [3.63, 3.8) is 0 Å². The Morgan fingerprint density at radius 3 is 2.67 bits per heavy atom. The molecule has 4 heteroatoms. The summed E-state index contributed by atoms with van der Waals surface area (Å²) in [6.45, 7) is 4.60. The number of nitrogens with two attached hydrogens (primary N) is 1. The fourth-order valence-corrected chi connectivity index (χ4v) is 1.95. The molecule has 18 heavy (non-hydrogen) atoms. The highest BCUT2D eigenvalue weighted by Crippen LogP contribution is 2.24. The minimum atomic E-state index is 0.427. The molecule has 0 spiro atoms. The van der Waals surface area contributed by atoms with Crippen LogP contribution in [0.15, 0.2) is 30.5 Å². The van der Waals surface area contributed by atoms with E-state index in [0.717, 1.165) is 11.4 Å². The molecule has 0 amide bonds. The predicted octanol–water partition coefficient (Wildman–Crippen LogP) is 2.32. The van der Waals surface area contributed by atoms with Crippen LogP contribution in [0.4, 0.5) is 11.6 Å². The van der Waals surface area contributed by atoms with Crippen molar-refractivity contribution < 1.29 is 0 Å². The van der Waals surface area contributed by atoms with Gasteiger partial charge in [0.15, 0.2) is 0 Å². The number of hydrogen-bond acceptors (Lipinski definition) is 4. The first kappa shape index (κ1) is 12.5.